The molecular weight excluding hydrogens is 331 g/mol. The Morgan fingerprint density at radius 3 is 2.38 bits per heavy atom. The summed E-state index contributed by atoms with van der Waals surface area (Å²) in [5, 5.41) is 1.19. The molecule has 5 heteroatoms. The van der Waals surface area contributed by atoms with Gasteiger partial charge in [0.2, 0.25) is 0 Å². The predicted molar refractivity (Wildman–Crippen MR) is 85.2 cm³/mol. The maximum absolute atomic E-state index is 12.6. The monoisotopic (exact) mass is 340 g/mol. The number of halogens is 3. The minimum absolute atomic E-state index is 0.0122. The number of carbonyl (C=O) groups excluding carboxylic acids is 1. The molecule has 0 fully saturated rings. The fourth-order valence-corrected chi connectivity index (χ4v) is 3.34. The van der Waals surface area contributed by atoms with Crippen molar-refractivity contribution in [2.24, 2.45) is 0 Å². The van der Waals surface area contributed by atoms with Crippen LogP contribution in [0.25, 0.3) is 0 Å². The van der Waals surface area contributed by atoms with Crippen LogP contribution in [0.5, 0.6) is 5.75 Å². The average Bonchev–Trinajstić information content (AvgIpc) is 2.81. The van der Waals surface area contributed by atoms with E-state index in [-0.39, 0.29) is 21.7 Å². The van der Waals surface area contributed by atoms with E-state index >= 15 is 0 Å². The molecule has 0 saturated heterocycles. The molecule has 0 amide bonds. The number of ether oxygens (including phenoxy) is 1. The minimum atomic E-state index is -0.252. The van der Waals surface area contributed by atoms with Crippen LogP contribution in [0.1, 0.15) is 27.4 Å². The van der Waals surface area contributed by atoms with Gasteiger partial charge >= 0.3 is 0 Å². The molecule has 0 aliphatic heterocycles. The molecule has 0 bridgehead atoms. The smallest absolute Gasteiger partial charge is 0.172 e. The van der Waals surface area contributed by atoms with Crippen molar-refractivity contribution in [2.75, 3.05) is 7.11 Å². The highest BCUT2D eigenvalue weighted by Crippen LogP contribution is 2.44. The van der Waals surface area contributed by atoms with E-state index in [1.165, 1.54) is 7.11 Å². The number of hydrogen-bond acceptors (Lipinski definition) is 2. The van der Waals surface area contributed by atoms with Crippen molar-refractivity contribution in [3.8, 4) is 5.75 Å². The molecule has 21 heavy (non-hydrogen) atoms. The first-order valence-electron chi connectivity index (χ1n) is 6.37. The Bertz CT molecular complexity index is 723. The summed E-state index contributed by atoms with van der Waals surface area (Å²) < 4.78 is 5.20. The van der Waals surface area contributed by atoms with E-state index in [0.717, 1.165) is 11.1 Å². The summed E-state index contributed by atoms with van der Waals surface area (Å²) >= 11 is 18.3. The molecule has 0 N–H and O–H groups in total. The van der Waals surface area contributed by atoms with Crippen LogP contribution in [0.15, 0.2) is 30.3 Å². The predicted octanol–water partition coefficient (Wildman–Crippen LogP) is 5.18. The second-order valence-electron chi connectivity index (χ2n) is 4.91. The Kier molecular flexibility index (Phi) is 3.87. The van der Waals surface area contributed by atoms with Gasteiger partial charge in [0.1, 0.15) is 10.8 Å². The van der Waals surface area contributed by atoms with Crippen molar-refractivity contribution in [3.05, 3.63) is 62.1 Å². The first kappa shape index (κ1) is 14.7. The zero-order chi connectivity index (χ0) is 15.1. The van der Waals surface area contributed by atoms with Gasteiger partial charge in [-0.2, -0.15) is 0 Å². The third kappa shape index (κ3) is 2.42. The SMILES string of the molecule is COc1cc2c(c(Cl)c1Cl)C(=O)[C@@H](c1ccc(Cl)cc1)C2. The standard InChI is InChI=1S/C16H11Cl3O2/c1-21-12-7-9-6-11(8-2-4-10(17)5-3-8)16(20)13(9)15(19)14(12)18/h2-5,7,11H,6H2,1H3/t11-/m1/s1. The van der Waals surface area contributed by atoms with E-state index in [4.69, 9.17) is 39.5 Å². The van der Waals surface area contributed by atoms with Gasteiger partial charge in [0.25, 0.3) is 0 Å². The van der Waals surface area contributed by atoms with Crippen molar-refractivity contribution < 1.29 is 9.53 Å². The maximum Gasteiger partial charge on any atom is 0.172 e. The maximum atomic E-state index is 12.6. The molecule has 2 nitrogen and oxygen atoms in total. The number of Topliss-reactive ketones (excluding diaryl/α,β-unsaturated/α-hetero) is 1. The summed E-state index contributed by atoms with van der Waals surface area (Å²) in [6, 6.07) is 9.08. The molecule has 0 spiro atoms. The van der Waals surface area contributed by atoms with Crippen LogP contribution in [0.4, 0.5) is 0 Å². The summed E-state index contributed by atoms with van der Waals surface area (Å²) in [7, 11) is 1.53. The molecule has 1 aliphatic carbocycles. The molecule has 3 rings (SSSR count). The highest BCUT2D eigenvalue weighted by Gasteiger charge is 2.35. The van der Waals surface area contributed by atoms with Gasteiger partial charge in [0.05, 0.1) is 18.1 Å². The second-order valence-corrected chi connectivity index (χ2v) is 6.11. The van der Waals surface area contributed by atoms with Crippen LogP contribution < -0.4 is 4.74 Å². The first-order chi connectivity index (χ1) is 10.0. The molecule has 0 aromatic heterocycles. The highest BCUT2D eigenvalue weighted by atomic mass is 35.5. The minimum Gasteiger partial charge on any atom is -0.495 e. The molecule has 0 heterocycles. The normalized spacial score (nSPS) is 17.0. The van der Waals surface area contributed by atoms with Crippen LogP contribution in [0.2, 0.25) is 15.1 Å². The van der Waals surface area contributed by atoms with Crippen LogP contribution in [0.3, 0.4) is 0 Å². The Balaban J connectivity index is 2.06. The van der Waals surface area contributed by atoms with Crippen molar-refractivity contribution in [1.82, 2.24) is 0 Å². The zero-order valence-corrected chi connectivity index (χ0v) is 13.4. The van der Waals surface area contributed by atoms with Gasteiger partial charge in [-0.05, 0) is 35.7 Å². The third-order valence-corrected chi connectivity index (χ3v) is 4.84. The Morgan fingerprint density at radius 1 is 1.10 bits per heavy atom. The molecule has 2 aromatic carbocycles. The first-order valence-corrected chi connectivity index (χ1v) is 7.51. The third-order valence-electron chi connectivity index (χ3n) is 3.73. The van der Waals surface area contributed by atoms with E-state index in [0.29, 0.717) is 22.8 Å². The highest BCUT2D eigenvalue weighted by molar-refractivity contribution is 6.45. The van der Waals surface area contributed by atoms with Gasteiger partial charge in [-0.15, -0.1) is 0 Å². The number of hydrogen-bond donors (Lipinski definition) is 0. The molecule has 0 radical (unpaired) electrons. The molecule has 2 aromatic rings. The quantitative estimate of drug-likeness (QED) is 0.752. The van der Waals surface area contributed by atoms with Crippen LogP contribution >= 0.6 is 34.8 Å². The number of ketones is 1. The zero-order valence-electron chi connectivity index (χ0n) is 11.1. The summed E-state index contributed by atoms with van der Waals surface area (Å²) in [6.07, 6.45) is 0.586. The van der Waals surface area contributed by atoms with E-state index in [1.54, 1.807) is 18.2 Å². The Labute approximate surface area is 137 Å². The number of rotatable bonds is 2. The number of methoxy groups -OCH3 is 1. The lowest BCUT2D eigenvalue weighted by Crippen LogP contribution is -2.07. The largest absolute Gasteiger partial charge is 0.495 e. The topological polar surface area (TPSA) is 26.3 Å². The van der Waals surface area contributed by atoms with Gasteiger partial charge in [-0.1, -0.05) is 46.9 Å². The van der Waals surface area contributed by atoms with Crippen LogP contribution in [-0.2, 0) is 6.42 Å². The summed E-state index contributed by atoms with van der Waals surface area (Å²) in [5.74, 6) is 0.227. The molecule has 0 unspecified atom stereocenters. The van der Waals surface area contributed by atoms with E-state index in [9.17, 15) is 4.79 Å². The summed E-state index contributed by atoms with van der Waals surface area (Å²) in [6.45, 7) is 0. The van der Waals surface area contributed by atoms with Gasteiger partial charge in [-0.3, -0.25) is 4.79 Å². The molecule has 1 aliphatic rings. The van der Waals surface area contributed by atoms with E-state index in [2.05, 4.69) is 0 Å². The van der Waals surface area contributed by atoms with Crippen molar-refractivity contribution in [2.45, 2.75) is 12.3 Å². The number of benzene rings is 2. The molecule has 1 atom stereocenters. The van der Waals surface area contributed by atoms with Gasteiger partial charge in [0, 0.05) is 10.6 Å². The van der Waals surface area contributed by atoms with Crippen molar-refractivity contribution in [3.63, 3.8) is 0 Å². The van der Waals surface area contributed by atoms with Crippen LogP contribution in [-0.4, -0.2) is 12.9 Å². The lowest BCUT2D eigenvalue weighted by atomic mass is 9.95. The lowest BCUT2D eigenvalue weighted by Gasteiger charge is -2.08. The fourth-order valence-electron chi connectivity index (χ4n) is 2.68. The van der Waals surface area contributed by atoms with Crippen molar-refractivity contribution in [1.29, 1.82) is 0 Å². The van der Waals surface area contributed by atoms with E-state index in [1.807, 2.05) is 12.1 Å². The fraction of sp³-hybridized carbons (Fsp3) is 0.188. The van der Waals surface area contributed by atoms with Crippen molar-refractivity contribution >= 4 is 40.6 Å². The van der Waals surface area contributed by atoms with Gasteiger partial charge in [0.15, 0.2) is 5.78 Å². The molecule has 108 valence electrons. The molecular formula is C16H11Cl3O2. The summed E-state index contributed by atoms with van der Waals surface area (Å²) in [5.41, 5.74) is 2.29. The van der Waals surface area contributed by atoms with Crippen LogP contribution in [0, 0.1) is 0 Å². The second kappa shape index (κ2) is 5.53. The lowest BCUT2D eigenvalue weighted by molar-refractivity contribution is 0.0973. The Hall–Kier alpha value is -1.22. The Morgan fingerprint density at radius 2 is 1.76 bits per heavy atom. The van der Waals surface area contributed by atoms with Gasteiger partial charge < -0.3 is 4.74 Å². The average molecular weight is 342 g/mol. The van der Waals surface area contributed by atoms with Gasteiger partial charge in [-0.25, -0.2) is 0 Å². The van der Waals surface area contributed by atoms with E-state index < -0.39 is 0 Å². The number of carbonyl (C=O) groups is 1. The molecule has 0 saturated carbocycles. The summed E-state index contributed by atoms with van der Waals surface area (Å²) in [4.78, 5) is 12.6. The number of fused-ring (bicyclic) bond motifs is 1.